The van der Waals surface area contributed by atoms with E-state index < -0.39 is 0 Å². The molecule has 0 aliphatic carbocycles. The van der Waals surface area contributed by atoms with E-state index in [9.17, 15) is 9.59 Å². The monoisotopic (exact) mass is 680 g/mol. The van der Waals surface area contributed by atoms with Gasteiger partial charge in [0.25, 0.3) is 11.8 Å². The van der Waals surface area contributed by atoms with Gasteiger partial charge < -0.3 is 24.8 Å². The molecule has 0 unspecified atom stereocenters. The number of benzene rings is 4. The van der Waals surface area contributed by atoms with E-state index in [1.165, 1.54) is 0 Å². The molecular formula is C32H30Br2N2O5. The Kier molecular flexibility index (Phi) is 10.1. The molecule has 7 nitrogen and oxygen atoms in total. The fraction of sp³-hybridized carbons (Fsp3) is 0.188. The van der Waals surface area contributed by atoms with E-state index in [1.54, 1.807) is 84.9 Å². The van der Waals surface area contributed by atoms with Gasteiger partial charge in [-0.25, -0.2) is 0 Å². The summed E-state index contributed by atoms with van der Waals surface area (Å²) in [5, 5.41) is 5.77. The third kappa shape index (κ3) is 8.58. The van der Waals surface area contributed by atoms with Crippen LogP contribution in [0.3, 0.4) is 0 Å². The fourth-order valence-electron chi connectivity index (χ4n) is 3.74. The molecule has 2 amide bonds. The molecule has 0 aliphatic rings. The summed E-state index contributed by atoms with van der Waals surface area (Å²) in [5.74, 6) is 2.10. The van der Waals surface area contributed by atoms with E-state index >= 15 is 0 Å². The third-order valence-corrected chi connectivity index (χ3v) is 6.81. The molecular weight excluding hydrogens is 652 g/mol. The lowest BCUT2D eigenvalue weighted by Gasteiger charge is -2.13. The van der Waals surface area contributed by atoms with Gasteiger partial charge in [0, 0.05) is 22.5 Å². The van der Waals surface area contributed by atoms with Crippen LogP contribution in [0.1, 0.15) is 48.4 Å². The maximum absolute atomic E-state index is 12.7. The molecule has 0 spiro atoms. The predicted molar refractivity (Wildman–Crippen MR) is 169 cm³/mol. The number of halogens is 2. The highest BCUT2D eigenvalue weighted by atomic mass is 79.9. The van der Waals surface area contributed by atoms with Gasteiger partial charge in [-0.15, -0.1) is 0 Å². The molecule has 2 N–H and O–H groups in total. The number of carbonyl (C=O) groups excluding carboxylic acids is 2. The third-order valence-electron chi connectivity index (χ3n) is 5.57. The van der Waals surface area contributed by atoms with Crippen LogP contribution in [0.4, 0.5) is 11.4 Å². The molecule has 4 aromatic rings. The van der Waals surface area contributed by atoms with Crippen molar-refractivity contribution in [2.24, 2.45) is 0 Å². The predicted octanol–water partition coefficient (Wildman–Crippen LogP) is 9.08. The summed E-state index contributed by atoms with van der Waals surface area (Å²) in [6.07, 6.45) is 0.0694. The van der Waals surface area contributed by atoms with E-state index in [2.05, 4.69) is 42.5 Å². The highest BCUT2D eigenvalue weighted by molar-refractivity contribution is 9.10. The van der Waals surface area contributed by atoms with Crippen LogP contribution in [-0.2, 0) is 0 Å². The van der Waals surface area contributed by atoms with E-state index in [4.69, 9.17) is 14.2 Å². The topological polar surface area (TPSA) is 85.9 Å². The first kappa shape index (κ1) is 30.1. The number of carbonyl (C=O) groups is 2. The number of ether oxygens (including phenoxy) is 3. The van der Waals surface area contributed by atoms with Crippen molar-refractivity contribution >= 4 is 55.0 Å². The van der Waals surface area contributed by atoms with Gasteiger partial charge in [-0.2, -0.15) is 0 Å². The van der Waals surface area contributed by atoms with Gasteiger partial charge in [0.15, 0.2) is 0 Å². The van der Waals surface area contributed by atoms with E-state index in [-0.39, 0.29) is 24.0 Å². The quantitative estimate of drug-likeness (QED) is 0.174. The second-order valence-electron chi connectivity index (χ2n) is 9.68. The van der Waals surface area contributed by atoms with Crippen molar-refractivity contribution in [2.45, 2.75) is 39.9 Å². The maximum Gasteiger partial charge on any atom is 0.255 e. The summed E-state index contributed by atoms with van der Waals surface area (Å²) in [7, 11) is 0. The van der Waals surface area contributed by atoms with Crippen LogP contribution in [0, 0.1) is 0 Å². The second kappa shape index (κ2) is 13.7. The number of rotatable bonds is 10. The standard InChI is InChI=1S/C32H30Br2N2O5/c1-19(2)39-29-15-5-21(17-27(29)33)31(37)35-23-7-11-25(12-8-23)41-26-13-9-24(10-14-26)36-32(38)22-6-16-30(28(34)18-22)40-20(3)4/h5-20H,1-4H3,(H,35,37)(H,36,38). The SMILES string of the molecule is CC(C)Oc1ccc(C(=O)Nc2ccc(Oc3ccc(NC(=O)c4ccc(OC(C)C)c(Br)c4)cc3)cc2)cc1Br. The van der Waals surface area contributed by atoms with E-state index in [1.807, 2.05) is 27.7 Å². The van der Waals surface area contributed by atoms with Crippen molar-refractivity contribution < 1.29 is 23.8 Å². The van der Waals surface area contributed by atoms with Crippen molar-refractivity contribution in [1.82, 2.24) is 0 Å². The summed E-state index contributed by atoms with van der Waals surface area (Å²) in [5.41, 5.74) is 2.28. The number of anilines is 2. The zero-order valence-corrected chi connectivity index (χ0v) is 26.2. The summed E-state index contributed by atoms with van der Waals surface area (Å²) in [4.78, 5) is 25.4. The fourth-order valence-corrected chi connectivity index (χ4v) is 4.68. The first-order valence-electron chi connectivity index (χ1n) is 13.0. The Morgan fingerprint density at radius 3 is 1.27 bits per heavy atom. The first-order valence-corrected chi connectivity index (χ1v) is 14.6. The molecule has 0 saturated heterocycles. The van der Waals surface area contributed by atoms with Crippen LogP contribution in [0.5, 0.6) is 23.0 Å². The maximum atomic E-state index is 12.7. The zero-order valence-electron chi connectivity index (χ0n) is 23.0. The van der Waals surface area contributed by atoms with Gasteiger partial charge in [0.05, 0.1) is 21.2 Å². The van der Waals surface area contributed by atoms with Crippen LogP contribution < -0.4 is 24.8 Å². The number of hydrogen-bond donors (Lipinski definition) is 2. The molecule has 0 aliphatic heterocycles. The molecule has 212 valence electrons. The lowest BCUT2D eigenvalue weighted by molar-refractivity contribution is 0.101. The molecule has 0 fully saturated rings. The number of hydrogen-bond acceptors (Lipinski definition) is 5. The summed E-state index contributed by atoms with van der Waals surface area (Å²) in [6, 6.07) is 24.6. The highest BCUT2D eigenvalue weighted by Crippen LogP contribution is 2.29. The van der Waals surface area contributed by atoms with E-state index in [0.29, 0.717) is 54.4 Å². The Bertz CT molecular complexity index is 1410. The van der Waals surface area contributed by atoms with Crippen LogP contribution in [0.15, 0.2) is 93.9 Å². The van der Waals surface area contributed by atoms with Crippen molar-refractivity contribution in [3.05, 3.63) is 105 Å². The molecule has 4 rings (SSSR count). The molecule has 0 aromatic heterocycles. The molecule has 0 radical (unpaired) electrons. The molecule has 0 bridgehead atoms. The summed E-state index contributed by atoms with van der Waals surface area (Å²) >= 11 is 6.92. The van der Waals surface area contributed by atoms with Gasteiger partial charge in [0.2, 0.25) is 0 Å². The Labute approximate surface area is 256 Å². The largest absolute Gasteiger partial charge is 0.490 e. The van der Waals surface area contributed by atoms with Crippen molar-refractivity contribution in [3.8, 4) is 23.0 Å². The molecule has 0 saturated carbocycles. The molecule has 0 heterocycles. The van der Waals surface area contributed by atoms with Crippen LogP contribution in [0.2, 0.25) is 0 Å². The Hall–Kier alpha value is -3.82. The Morgan fingerprint density at radius 1 is 0.585 bits per heavy atom. The smallest absolute Gasteiger partial charge is 0.255 e. The van der Waals surface area contributed by atoms with Gasteiger partial charge >= 0.3 is 0 Å². The second-order valence-corrected chi connectivity index (χ2v) is 11.4. The van der Waals surface area contributed by atoms with Gasteiger partial charge in [-0.05, 0) is 144 Å². The number of amides is 2. The van der Waals surface area contributed by atoms with Crippen molar-refractivity contribution in [1.29, 1.82) is 0 Å². The van der Waals surface area contributed by atoms with Gasteiger partial charge in [-0.1, -0.05) is 0 Å². The van der Waals surface area contributed by atoms with Crippen molar-refractivity contribution in [2.75, 3.05) is 10.6 Å². The molecule has 9 heteroatoms. The van der Waals surface area contributed by atoms with Crippen LogP contribution in [0.25, 0.3) is 0 Å². The van der Waals surface area contributed by atoms with Gasteiger partial charge in [0.1, 0.15) is 23.0 Å². The first-order chi connectivity index (χ1) is 19.6. The lowest BCUT2D eigenvalue weighted by atomic mass is 10.2. The average molecular weight is 682 g/mol. The lowest BCUT2D eigenvalue weighted by Crippen LogP contribution is -2.12. The van der Waals surface area contributed by atoms with Crippen LogP contribution in [-0.4, -0.2) is 24.0 Å². The van der Waals surface area contributed by atoms with E-state index in [0.717, 1.165) is 0 Å². The summed E-state index contributed by atoms with van der Waals surface area (Å²) in [6.45, 7) is 7.78. The Morgan fingerprint density at radius 2 is 0.951 bits per heavy atom. The normalized spacial score (nSPS) is 10.8. The average Bonchev–Trinajstić information content (AvgIpc) is 2.92. The zero-order chi connectivity index (χ0) is 29.5. The summed E-state index contributed by atoms with van der Waals surface area (Å²) < 4.78 is 18.8. The minimum Gasteiger partial charge on any atom is -0.490 e. The minimum absolute atomic E-state index is 0.0347. The minimum atomic E-state index is -0.236. The van der Waals surface area contributed by atoms with Gasteiger partial charge in [-0.3, -0.25) is 9.59 Å². The highest BCUT2D eigenvalue weighted by Gasteiger charge is 2.12. The molecule has 0 atom stereocenters. The molecule has 4 aromatic carbocycles. The van der Waals surface area contributed by atoms with Crippen LogP contribution >= 0.6 is 31.9 Å². The number of nitrogens with one attached hydrogen (secondary N) is 2. The van der Waals surface area contributed by atoms with Crippen molar-refractivity contribution in [3.63, 3.8) is 0 Å². The molecule has 41 heavy (non-hydrogen) atoms. The Balaban J connectivity index is 1.31.